The van der Waals surface area contributed by atoms with Crippen molar-refractivity contribution >= 4 is 23.7 Å². The molecule has 8 heteroatoms. The number of fused-ring (bicyclic) bond motifs is 2. The molecule has 2 aliphatic carbocycles. The van der Waals surface area contributed by atoms with Crippen molar-refractivity contribution in [3.8, 4) is 11.5 Å². The van der Waals surface area contributed by atoms with Gasteiger partial charge in [0.1, 0.15) is 11.5 Å². The standard InChI is InChI=1S/C24H34N2O2.2CH2O2/c1-25(2)19-11-17-13-20(14-18(17)12-19)26(3)15-16-9-10-22(27-4)21-7-6-8-23(28-5)24(16)21;2*2-1-3/h6-10,17-20H,11-15H2,1-5H3;2*1H,(H,2,3)/t17-,18+,19?,20?;;. The first-order chi connectivity index (χ1) is 16.3. The van der Waals surface area contributed by atoms with Crippen molar-refractivity contribution in [3.63, 3.8) is 0 Å². The normalized spacial score (nSPS) is 22.9. The second-order valence-corrected chi connectivity index (χ2v) is 9.17. The molecule has 4 rings (SSSR count). The zero-order chi connectivity index (χ0) is 25.3. The topological polar surface area (TPSA) is 99.5 Å². The van der Waals surface area contributed by atoms with Crippen LogP contribution in [-0.4, -0.2) is 80.4 Å². The van der Waals surface area contributed by atoms with Crippen molar-refractivity contribution in [2.24, 2.45) is 11.8 Å². The Morgan fingerprint density at radius 1 is 0.853 bits per heavy atom. The van der Waals surface area contributed by atoms with Gasteiger partial charge >= 0.3 is 0 Å². The third kappa shape index (κ3) is 6.39. The first-order valence-electron chi connectivity index (χ1n) is 11.5. The van der Waals surface area contributed by atoms with E-state index in [-0.39, 0.29) is 12.9 Å². The summed E-state index contributed by atoms with van der Waals surface area (Å²) in [5.41, 5.74) is 1.32. The number of methoxy groups -OCH3 is 2. The van der Waals surface area contributed by atoms with E-state index in [2.05, 4.69) is 49.1 Å². The Hall–Kier alpha value is -2.84. The van der Waals surface area contributed by atoms with Crippen molar-refractivity contribution in [1.82, 2.24) is 9.80 Å². The van der Waals surface area contributed by atoms with Gasteiger partial charge in [0.15, 0.2) is 0 Å². The van der Waals surface area contributed by atoms with Crippen molar-refractivity contribution < 1.29 is 29.3 Å². The first-order valence-corrected chi connectivity index (χ1v) is 11.5. The lowest BCUT2D eigenvalue weighted by molar-refractivity contribution is -0.123. The molecule has 2 fully saturated rings. The molecule has 2 saturated carbocycles. The quantitative estimate of drug-likeness (QED) is 0.610. The number of carboxylic acid groups (broad SMARTS) is 2. The lowest BCUT2D eigenvalue weighted by Gasteiger charge is -2.27. The molecule has 2 aliphatic rings. The molecule has 2 aromatic rings. The molecule has 34 heavy (non-hydrogen) atoms. The maximum absolute atomic E-state index is 8.36. The lowest BCUT2D eigenvalue weighted by Crippen LogP contribution is -2.31. The number of carbonyl (C=O) groups is 2. The van der Waals surface area contributed by atoms with Crippen molar-refractivity contribution in [2.75, 3.05) is 35.4 Å². The number of ether oxygens (including phenoxy) is 2. The number of benzene rings is 2. The summed E-state index contributed by atoms with van der Waals surface area (Å²) in [6, 6.07) is 12.0. The molecule has 188 valence electrons. The zero-order valence-corrected chi connectivity index (χ0v) is 20.8. The van der Waals surface area contributed by atoms with E-state index in [0.29, 0.717) is 6.04 Å². The summed E-state index contributed by atoms with van der Waals surface area (Å²) in [5, 5.41) is 16.1. The van der Waals surface area contributed by atoms with Gasteiger partial charge in [0.05, 0.1) is 14.2 Å². The van der Waals surface area contributed by atoms with E-state index >= 15 is 0 Å². The van der Waals surface area contributed by atoms with Gasteiger partial charge in [0.25, 0.3) is 12.9 Å². The summed E-state index contributed by atoms with van der Waals surface area (Å²) < 4.78 is 11.3. The van der Waals surface area contributed by atoms with Gasteiger partial charge in [-0.3, -0.25) is 14.5 Å². The zero-order valence-electron chi connectivity index (χ0n) is 20.8. The van der Waals surface area contributed by atoms with Gasteiger partial charge in [-0.25, -0.2) is 0 Å². The van der Waals surface area contributed by atoms with Crippen molar-refractivity contribution in [1.29, 1.82) is 0 Å². The molecule has 4 atom stereocenters. The molecular weight excluding hydrogens is 436 g/mol. The summed E-state index contributed by atoms with van der Waals surface area (Å²) in [6.45, 7) is 0.447. The van der Waals surface area contributed by atoms with Gasteiger partial charge < -0.3 is 24.6 Å². The molecule has 8 nitrogen and oxygen atoms in total. The van der Waals surface area contributed by atoms with E-state index < -0.39 is 0 Å². The SMILES string of the molecule is COc1ccc(CN(C)C2C[C@H]3CC(N(C)C)C[C@H]3C2)c2c(OC)cccc12.O=CO.O=CO. The van der Waals surface area contributed by atoms with Gasteiger partial charge in [-0.05, 0) is 76.4 Å². The Morgan fingerprint density at radius 3 is 1.88 bits per heavy atom. The molecular formula is C26H38N2O6. The Balaban J connectivity index is 0.000000618. The highest BCUT2D eigenvalue weighted by Gasteiger charge is 2.43. The lowest BCUT2D eigenvalue weighted by atomic mass is 10.0. The van der Waals surface area contributed by atoms with Crippen molar-refractivity contribution in [3.05, 3.63) is 35.9 Å². The second kappa shape index (κ2) is 13.2. The van der Waals surface area contributed by atoms with Crippen LogP contribution in [0.3, 0.4) is 0 Å². The monoisotopic (exact) mass is 474 g/mol. The smallest absolute Gasteiger partial charge is 0.290 e. The maximum atomic E-state index is 8.36. The van der Waals surface area contributed by atoms with E-state index in [1.54, 1.807) is 14.2 Å². The fraction of sp³-hybridized carbons (Fsp3) is 0.538. The minimum absolute atomic E-state index is 0.250. The first kappa shape index (κ1) is 27.4. The molecule has 2 unspecified atom stereocenters. The highest BCUT2D eigenvalue weighted by Crippen LogP contribution is 2.47. The van der Waals surface area contributed by atoms with Crippen LogP contribution in [0.15, 0.2) is 30.3 Å². The molecule has 2 N–H and O–H groups in total. The van der Waals surface area contributed by atoms with Gasteiger partial charge in [0, 0.05) is 29.4 Å². The van der Waals surface area contributed by atoms with E-state index in [1.807, 2.05) is 12.1 Å². The minimum atomic E-state index is -0.250. The molecule has 0 aromatic heterocycles. The molecule has 0 radical (unpaired) electrons. The van der Waals surface area contributed by atoms with Crippen LogP contribution in [0.1, 0.15) is 31.2 Å². The van der Waals surface area contributed by atoms with Crippen LogP contribution >= 0.6 is 0 Å². The number of rotatable bonds is 6. The Labute approximate surface area is 202 Å². The van der Waals surface area contributed by atoms with E-state index in [1.165, 1.54) is 36.6 Å². The average molecular weight is 475 g/mol. The summed E-state index contributed by atoms with van der Waals surface area (Å²) in [5.74, 6) is 3.64. The second-order valence-electron chi connectivity index (χ2n) is 9.17. The van der Waals surface area contributed by atoms with Crippen LogP contribution < -0.4 is 9.47 Å². The third-order valence-corrected chi connectivity index (χ3v) is 7.23. The predicted octanol–water partition coefficient (Wildman–Crippen LogP) is 3.81. The van der Waals surface area contributed by atoms with Crippen molar-refractivity contribution in [2.45, 2.75) is 44.3 Å². The summed E-state index contributed by atoms with van der Waals surface area (Å²) in [6.07, 6.45) is 5.44. The molecule has 0 spiro atoms. The fourth-order valence-corrected chi connectivity index (χ4v) is 5.63. The number of nitrogens with zero attached hydrogens (tertiary/aromatic N) is 2. The van der Waals surface area contributed by atoms with Crippen LogP contribution in [0, 0.1) is 11.8 Å². The number of hydrogen-bond acceptors (Lipinski definition) is 6. The minimum Gasteiger partial charge on any atom is -0.496 e. The van der Waals surface area contributed by atoms with Gasteiger partial charge in [-0.2, -0.15) is 0 Å². The predicted molar refractivity (Wildman–Crippen MR) is 133 cm³/mol. The van der Waals surface area contributed by atoms with E-state index in [4.69, 9.17) is 29.3 Å². The Morgan fingerprint density at radius 2 is 1.38 bits per heavy atom. The van der Waals surface area contributed by atoms with Crippen LogP contribution in [0.2, 0.25) is 0 Å². The molecule has 0 amide bonds. The molecule has 2 aromatic carbocycles. The van der Waals surface area contributed by atoms with Gasteiger partial charge in [-0.1, -0.05) is 18.2 Å². The van der Waals surface area contributed by atoms with Crippen LogP contribution in [0.4, 0.5) is 0 Å². The van der Waals surface area contributed by atoms with E-state index in [0.717, 1.165) is 41.3 Å². The fourth-order valence-electron chi connectivity index (χ4n) is 5.63. The summed E-state index contributed by atoms with van der Waals surface area (Å²) >= 11 is 0. The van der Waals surface area contributed by atoms with Crippen LogP contribution in [0.5, 0.6) is 11.5 Å². The largest absolute Gasteiger partial charge is 0.496 e. The summed E-state index contributed by atoms with van der Waals surface area (Å²) in [7, 11) is 10.2. The van der Waals surface area contributed by atoms with Crippen LogP contribution in [-0.2, 0) is 16.1 Å². The third-order valence-electron chi connectivity index (χ3n) is 7.23. The highest BCUT2D eigenvalue weighted by atomic mass is 16.5. The van der Waals surface area contributed by atoms with E-state index in [9.17, 15) is 0 Å². The average Bonchev–Trinajstić information content (AvgIpc) is 3.40. The maximum Gasteiger partial charge on any atom is 0.290 e. The van der Waals surface area contributed by atoms with Gasteiger partial charge in [-0.15, -0.1) is 0 Å². The molecule has 0 bridgehead atoms. The molecule has 0 heterocycles. The number of hydrogen-bond donors (Lipinski definition) is 2. The molecule has 0 aliphatic heterocycles. The summed E-state index contributed by atoms with van der Waals surface area (Å²) in [4.78, 5) is 21.7. The molecule has 0 saturated heterocycles. The van der Waals surface area contributed by atoms with Gasteiger partial charge in [0.2, 0.25) is 0 Å². The highest BCUT2D eigenvalue weighted by molar-refractivity contribution is 5.95. The Bertz CT molecular complexity index is 915. The Kier molecular flexibility index (Phi) is 10.6. The van der Waals surface area contributed by atoms with Crippen LogP contribution in [0.25, 0.3) is 10.8 Å².